The molecule has 8 heteroatoms. The predicted molar refractivity (Wildman–Crippen MR) is 58.1 cm³/mol. The van der Waals surface area contributed by atoms with Gasteiger partial charge in [0.2, 0.25) is 10.0 Å². The summed E-state index contributed by atoms with van der Waals surface area (Å²) in [5, 5.41) is 0. The van der Waals surface area contributed by atoms with Gasteiger partial charge in [-0.15, -0.1) is 0 Å². The Morgan fingerprint density at radius 1 is 1.20 bits per heavy atom. The minimum absolute atomic E-state index is 0. The second-order valence-electron chi connectivity index (χ2n) is 2.66. The van der Waals surface area contributed by atoms with Gasteiger partial charge in [-0.05, 0) is 5.46 Å². The zero-order valence-corrected chi connectivity index (χ0v) is 8.88. The van der Waals surface area contributed by atoms with Gasteiger partial charge in [0, 0.05) is 0 Å². The highest BCUT2D eigenvalue weighted by molar-refractivity contribution is 7.90. The smallest absolute Gasteiger partial charge is 0.412 e. The van der Waals surface area contributed by atoms with Crippen LogP contribution in [0.2, 0.25) is 0 Å². The van der Waals surface area contributed by atoms with Gasteiger partial charge in [-0.1, -0.05) is 30.3 Å². The van der Waals surface area contributed by atoms with Gasteiger partial charge in [0.25, 0.3) is 0 Å². The van der Waals surface area contributed by atoms with E-state index in [2.05, 4.69) is 0 Å². The van der Waals surface area contributed by atoms with Crippen molar-refractivity contribution in [1.82, 2.24) is 4.63 Å². The van der Waals surface area contributed by atoms with Gasteiger partial charge < -0.3 is 15.3 Å². The fourth-order valence-electron chi connectivity index (χ4n) is 0.878. The first-order valence-corrected chi connectivity index (χ1v) is 5.54. The summed E-state index contributed by atoms with van der Waals surface area (Å²) < 4.78 is 36.3. The third-order valence-corrected chi connectivity index (χ3v) is 2.04. The van der Waals surface area contributed by atoms with Crippen LogP contribution in [-0.2, 0) is 10.0 Å². The molecule has 1 aromatic carbocycles. The standard InChI is InChI=1S/C7H9BFNO2S.2H2O/c1-13(11,12)10-8(9)7-5-3-2-4-6-7;;/h2-6,10H,1H3;2*1H2. The predicted octanol–water partition coefficient (Wildman–Crippen LogP) is -1.75. The number of hydrogen-bond acceptors (Lipinski definition) is 2. The van der Waals surface area contributed by atoms with Gasteiger partial charge in [-0.25, -0.2) is 13.1 Å². The molecular weight excluding hydrogens is 224 g/mol. The molecule has 5 N–H and O–H groups in total. The Morgan fingerprint density at radius 3 is 2.07 bits per heavy atom. The molecular formula is C7H13BFNO4S. The van der Waals surface area contributed by atoms with Crippen molar-refractivity contribution in [1.29, 1.82) is 0 Å². The normalized spacial score (nSPS) is 9.73. The molecule has 0 bridgehead atoms. The molecule has 0 fully saturated rings. The van der Waals surface area contributed by atoms with Crippen LogP contribution in [0, 0.1) is 0 Å². The summed E-state index contributed by atoms with van der Waals surface area (Å²) in [4.78, 5) is 0. The Kier molecular flexibility index (Phi) is 7.15. The molecule has 0 aliphatic carbocycles. The number of benzene rings is 1. The molecule has 0 saturated carbocycles. The van der Waals surface area contributed by atoms with E-state index in [1.807, 2.05) is 4.63 Å². The second-order valence-corrected chi connectivity index (χ2v) is 4.44. The quantitative estimate of drug-likeness (QED) is 0.629. The lowest BCUT2D eigenvalue weighted by Gasteiger charge is -2.03. The van der Waals surface area contributed by atoms with Crippen molar-refractivity contribution in [3.05, 3.63) is 30.3 Å². The van der Waals surface area contributed by atoms with E-state index in [1.165, 1.54) is 12.1 Å². The van der Waals surface area contributed by atoms with Crippen LogP contribution in [0.4, 0.5) is 4.32 Å². The van der Waals surface area contributed by atoms with E-state index in [9.17, 15) is 12.7 Å². The van der Waals surface area contributed by atoms with Gasteiger partial charge in [0.05, 0.1) is 6.26 Å². The third kappa shape index (κ3) is 6.18. The van der Waals surface area contributed by atoms with Crippen LogP contribution in [0.15, 0.2) is 30.3 Å². The summed E-state index contributed by atoms with van der Waals surface area (Å²) in [5.74, 6) is 0. The van der Waals surface area contributed by atoms with E-state index in [4.69, 9.17) is 0 Å². The molecule has 0 atom stereocenters. The SMILES string of the molecule is CS(=O)(=O)NB(F)c1ccccc1.O.O. The lowest BCUT2D eigenvalue weighted by Crippen LogP contribution is -2.43. The number of nitrogens with one attached hydrogen (secondary N) is 1. The summed E-state index contributed by atoms with van der Waals surface area (Å²) in [5.41, 5.74) is 0.299. The first-order chi connectivity index (χ1) is 5.99. The first kappa shape index (κ1) is 16.5. The highest BCUT2D eigenvalue weighted by Gasteiger charge is 2.20. The highest BCUT2D eigenvalue weighted by Crippen LogP contribution is 1.88. The summed E-state index contributed by atoms with van der Waals surface area (Å²) >= 11 is 0. The molecule has 1 aromatic rings. The molecule has 0 amide bonds. The van der Waals surface area contributed by atoms with Crippen LogP contribution in [0.3, 0.4) is 0 Å². The van der Waals surface area contributed by atoms with Crippen molar-refractivity contribution in [3.63, 3.8) is 0 Å². The molecule has 0 aromatic heterocycles. The third-order valence-electron chi connectivity index (χ3n) is 1.41. The lowest BCUT2D eigenvalue weighted by molar-refractivity contribution is 0.597. The molecule has 0 aliphatic rings. The molecule has 0 spiro atoms. The largest absolute Gasteiger partial charge is 0.475 e. The minimum atomic E-state index is -3.50. The Hall–Kier alpha value is -0.955. The minimum Gasteiger partial charge on any atom is -0.412 e. The maximum absolute atomic E-state index is 13.1. The Balaban J connectivity index is 0. The Bertz CT molecular complexity index is 372. The average molecular weight is 237 g/mol. The zero-order chi connectivity index (χ0) is 9.90. The molecule has 5 nitrogen and oxygen atoms in total. The zero-order valence-electron chi connectivity index (χ0n) is 8.07. The van der Waals surface area contributed by atoms with Crippen LogP contribution in [0.5, 0.6) is 0 Å². The van der Waals surface area contributed by atoms with Gasteiger partial charge in [-0.2, -0.15) is 0 Å². The number of hydrogen-bond donors (Lipinski definition) is 1. The van der Waals surface area contributed by atoms with E-state index in [0.717, 1.165) is 6.26 Å². The summed E-state index contributed by atoms with van der Waals surface area (Å²) in [6.07, 6.45) is 0.919. The van der Waals surface area contributed by atoms with Gasteiger partial charge in [0.1, 0.15) is 0 Å². The average Bonchev–Trinajstić information content (AvgIpc) is 2.03. The van der Waals surface area contributed by atoms with Crippen molar-refractivity contribution in [2.45, 2.75) is 0 Å². The molecule has 0 unspecified atom stereocenters. The van der Waals surface area contributed by atoms with Crippen molar-refractivity contribution in [2.24, 2.45) is 0 Å². The van der Waals surface area contributed by atoms with Crippen molar-refractivity contribution in [3.8, 4) is 0 Å². The fraction of sp³-hybridized carbons (Fsp3) is 0.143. The Labute approximate surface area is 88.1 Å². The Morgan fingerprint density at radius 2 is 1.67 bits per heavy atom. The van der Waals surface area contributed by atoms with Gasteiger partial charge >= 0.3 is 7.12 Å². The number of rotatable bonds is 3. The van der Waals surface area contributed by atoms with Crippen molar-refractivity contribution >= 4 is 22.6 Å². The molecule has 0 radical (unpaired) electrons. The highest BCUT2D eigenvalue weighted by atomic mass is 32.2. The first-order valence-electron chi connectivity index (χ1n) is 3.65. The fourth-order valence-corrected chi connectivity index (χ4v) is 1.39. The summed E-state index contributed by atoms with van der Waals surface area (Å²) in [7, 11) is -5.17. The van der Waals surface area contributed by atoms with E-state index >= 15 is 0 Å². The number of halogens is 1. The van der Waals surface area contributed by atoms with E-state index < -0.39 is 17.1 Å². The maximum Gasteiger partial charge on any atom is 0.475 e. The maximum atomic E-state index is 13.1. The van der Waals surface area contributed by atoms with Gasteiger partial charge in [-0.3, -0.25) is 0 Å². The molecule has 1 rings (SSSR count). The van der Waals surface area contributed by atoms with E-state index in [0.29, 0.717) is 5.46 Å². The van der Waals surface area contributed by atoms with Crippen molar-refractivity contribution < 1.29 is 23.7 Å². The molecule has 0 aliphatic heterocycles. The molecule has 15 heavy (non-hydrogen) atoms. The van der Waals surface area contributed by atoms with Gasteiger partial charge in [0.15, 0.2) is 0 Å². The second kappa shape index (κ2) is 6.51. The monoisotopic (exact) mass is 237 g/mol. The lowest BCUT2D eigenvalue weighted by atomic mass is 9.79. The van der Waals surface area contributed by atoms with Crippen molar-refractivity contribution in [2.75, 3.05) is 6.26 Å². The van der Waals surface area contributed by atoms with Crippen LogP contribution in [0.25, 0.3) is 0 Å². The number of sulfonamides is 1. The summed E-state index contributed by atoms with van der Waals surface area (Å²) in [6, 6.07) is 8.06. The van der Waals surface area contributed by atoms with Crippen LogP contribution in [-0.4, -0.2) is 32.8 Å². The topological polar surface area (TPSA) is 109 Å². The summed E-state index contributed by atoms with van der Waals surface area (Å²) in [6.45, 7) is 0. The van der Waals surface area contributed by atoms with Crippen LogP contribution >= 0.6 is 0 Å². The molecule has 86 valence electrons. The molecule has 0 saturated heterocycles. The molecule has 0 heterocycles. The van der Waals surface area contributed by atoms with E-state index in [1.54, 1.807) is 18.2 Å². The van der Waals surface area contributed by atoms with Crippen LogP contribution < -0.4 is 10.1 Å². The van der Waals surface area contributed by atoms with Crippen LogP contribution in [0.1, 0.15) is 0 Å². The van der Waals surface area contributed by atoms with E-state index in [-0.39, 0.29) is 11.0 Å².